The van der Waals surface area contributed by atoms with E-state index in [4.69, 9.17) is 11.6 Å². The van der Waals surface area contributed by atoms with Crippen molar-refractivity contribution in [2.24, 2.45) is 15.4 Å². The Morgan fingerprint density at radius 1 is 1.42 bits per heavy atom. The van der Waals surface area contributed by atoms with E-state index in [1.165, 1.54) is 0 Å². The average molecular weight is 187 g/mol. The van der Waals surface area contributed by atoms with Crippen LogP contribution in [-0.4, -0.2) is 12.0 Å². The molecule has 0 aromatic rings. The van der Waals surface area contributed by atoms with Gasteiger partial charge in [0.1, 0.15) is 0 Å². The molecule has 0 aliphatic rings. The van der Waals surface area contributed by atoms with Crippen LogP contribution in [0.5, 0.6) is 0 Å². The molecule has 0 bridgehead atoms. The maximum absolute atomic E-state index is 5.54. The Morgan fingerprint density at radius 2 is 1.92 bits per heavy atom. The van der Waals surface area contributed by atoms with E-state index < -0.39 is 0 Å². The number of halogens is 1. The summed E-state index contributed by atoms with van der Waals surface area (Å²) in [5, 5.41) is 0.179. The lowest BCUT2D eigenvalue weighted by molar-refractivity contribution is 0.502. The van der Waals surface area contributed by atoms with Gasteiger partial charge < -0.3 is 0 Å². The van der Waals surface area contributed by atoms with Crippen molar-refractivity contribution in [2.45, 2.75) is 27.7 Å². The van der Waals surface area contributed by atoms with E-state index in [0.29, 0.717) is 0 Å². The number of amidine groups is 1. The Balaban J connectivity index is 4.49. The Bertz CT molecular complexity index is 221. The molecule has 0 spiro atoms. The molecule has 3 heteroatoms. The number of hydrogen-bond donors (Lipinski definition) is 0. The van der Waals surface area contributed by atoms with Gasteiger partial charge in [-0.2, -0.15) is 0 Å². The second kappa shape index (κ2) is 4.41. The zero-order valence-electron chi connectivity index (χ0n) is 8.06. The molecule has 0 aliphatic carbocycles. The lowest BCUT2D eigenvalue weighted by Gasteiger charge is -2.18. The first kappa shape index (κ1) is 11.4. The summed E-state index contributed by atoms with van der Waals surface area (Å²) in [7, 11) is 0. The van der Waals surface area contributed by atoms with Gasteiger partial charge in [0.05, 0.1) is 0 Å². The van der Waals surface area contributed by atoms with Gasteiger partial charge in [-0.25, -0.2) is 9.98 Å². The van der Waals surface area contributed by atoms with Crippen LogP contribution in [0.15, 0.2) is 21.8 Å². The van der Waals surface area contributed by atoms with Crippen LogP contribution in [0.2, 0.25) is 0 Å². The molecule has 0 fully saturated rings. The minimum absolute atomic E-state index is 0.127. The van der Waals surface area contributed by atoms with E-state index in [1.54, 1.807) is 6.20 Å². The van der Waals surface area contributed by atoms with Crippen LogP contribution in [0.25, 0.3) is 0 Å². The third-order valence-corrected chi connectivity index (χ3v) is 1.90. The van der Waals surface area contributed by atoms with Gasteiger partial charge in [0.25, 0.3) is 0 Å². The third-order valence-electron chi connectivity index (χ3n) is 1.68. The Morgan fingerprint density at radius 3 is 2.25 bits per heavy atom. The predicted molar refractivity (Wildman–Crippen MR) is 56.0 cm³/mol. The molecule has 2 nitrogen and oxygen atoms in total. The highest BCUT2D eigenvalue weighted by atomic mass is 35.5. The number of nitrogens with zero attached hydrogens (tertiary/aromatic N) is 2. The van der Waals surface area contributed by atoms with E-state index in [0.717, 1.165) is 5.57 Å². The number of rotatable bonds is 1. The minimum Gasteiger partial charge on any atom is -0.235 e. The second-order valence-corrected chi connectivity index (χ2v) is 3.96. The average Bonchev–Trinajstić information content (AvgIpc) is 1.97. The zero-order valence-corrected chi connectivity index (χ0v) is 8.81. The second-order valence-electron chi connectivity index (χ2n) is 3.62. The van der Waals surface area contributed by atoms with Crippen LogP contribution >= 0.6 is 11.6 Å². The summed E-state index contributed by atoms with van der Waals surface area (Å²) in [5.41, 5.74) is 1.28. The molecule has 0 rings (SSSR count). The molecule has 0 aromatic heterocycles. The molecule has 0 atom stereocenters. The molecule has 0 aliphatic heterocycles. The van der Waals surface area contributed by atoms with Crippen LogP contribution in [0, 0.1) is 5.41 Å². The normalized spacial score (nSPS) is 14.8. The maximum Gasteiger partial charge on any atom is 0.221 e. The molecular weight excluding hydrogens is 172 g/mol. The largest absolute Gasteiger partial charge is 0.235 e. The minimum atomic E-state index is 0.127. The quantitative estimate of drug-likeness (QED) is 0.341. The highest BCUT2D eigenvalue weighted by molar-refractivity contribution is 6.65. The van der Waals surface area contributed by atoms with Crippen molar-refractivity contribution in [3.05, 3.63) is 11.8 Å². The molecule has 0 saturated carbocycles. The van der Waals surface area contributed by atoms with E-state index in [-0.39, 0.29) is 10.7 Å². The van der Waals surface area contributed by atoms with Crippen LogP contribution in [0.3, 0.4) is 0 Å². The highest BCUT2D eigenvalue weighted by Crippen LogP contribution is 2.24. The number of aliphatic imine (C=N–C) groups is 2. The molecule has 68 valence electrons. The molecular formula is C9H15ClN2. The lowest BCUT2D eigenvalue weighted by atomic mass is 9.88. The molecule has 0 N–H and O–H groups in total. The summed E-state index contributed by atoms with van der Waals surface area (Å²) in [4.78, 5) is 7.36. The third kappa shape index (κ3) is 4.29. The fourth-order valence-electron chi connectivity index (χ4n) is 0.385. The molecule has 0 amide bonds. The highest BCUT2D eigenvalue weighted by Gasteiger charge is 2.11. The van der Waals surface area contributed by atoms with Gasteiger partial charge in [0, 0.05) is 6.20 Å². The van der Waals surface area contributed by atoms with Gasteiger partial charge in [-0.05, 0) is 36.2 Å². The van der Waals surface area contributed by atoms with E-state index in [9.17, 15) is 0 Å². The SMILES string of the molecule is C=NC(Cl)=N/C=C(\C)C(C)(C)C. The van der Waals surface area contributed by atoms with Crippen LogP contribution in [0.1, 0.15) is 27.7 Å². The van der Waals surface area contributed by atoms with Gasteiger partial charge in [-0.1, -0.05) is 20.8 Å². The van der Waals surface area contributed by atoms with Crippen molar-refractivity contribution >= 4 is 23.6 Å². The predicted octanol–water partition coefficient (Wildman–Crippen LogP) is 3.23. The molecule has 0 unspecified atom stereocenters. The van der Waals surface area contributed by atoms with Crippen molar-refractivity contribution in [3.8, 4) is 0 Å². The Kier molecular flexibility index (Phi) is 4.18. The lowest BCUT2D eigenvalue weighted by Crippen LogP contribution is -2.05. The van der Waals surface area contributed by atoms with E-state index >= 15 is 0 Å². The van der Waals surface area contributed by atoms with Crippen molar-refractivity contribution in [1.82, 2.24) is 0 Å². The van der Waals surface area contributed by atoms with Crippen molar-refractivity contribution in [1.29, 1.82) is 0 Å². The van der Waals surface area contributed by atoms with Gasteiger partial charge in [0.15, 0.2) is 0 Å². The van der Waals surface area contributed by atoms with Crippen molar-refractivity contribution in [2.75, 3.05) is 0 Å². The van der Waals surface area contributed by atoms with Gasteiger partial charge in [0.2, 0.25) is 5.29 Å². The monoisotopic (exact) mass is 186 g/mol. The van der Waals surface area contributed by atoms with E-state index in [1.807, 2.05) is 6.92 Å². The fourth-order valence-corrected chi connectivity index (χ4v) is 0.433. The van der Waals surface area contributed by atoms with Crippen molar-refractivity contribution in [3.63, 3.8) is 0 Å². The summed E-state index contributed by atoms with van der Waals surface area (Å²) in [5.74, 6) is 0. The summed E-state index contributed by atoms with van der Waals surface area (Å²) in [6.45, 7) is 11.6. The molecule has 0 heterocycles. The van der Waals surface area contributed by atoms with Crippen molar-refractivity contribution < 1.29 is 0 Å². The summed E-state index contributed by atoms with van der Waals surface area (Å²) in [6, 6.07) is 0. The summed E-state index contributed by atoms with van der Waals surface area (Å²) < 4.78 is 0. The van der Waals surface area contributed by atoms with Gasteiger partial charge in [-0.15, -0.1) is 0 Å². The smallest absolute Gasteiger partial charge is 0.221 e. The van der Waals surface area contributed by atoms with E-state index in [2.05, 4.69) is 37.5 Å². The maximum atomic E-state index is 5.54. The van der Waals surface area contributed by atoms with Crippen LogP contribution in [0.4, 0.5) is 0 Å². The van der Waals surface area contributed by atoms with Gasteiger partial charge >= 0.3 is 0 Å². The zero-order chi connectivity index (χ0) is 9.78. The summed E-state index contributed by atoms with van der Waals surface area (Å²) >= 11 is 5.54. The molecule has 0 saturated heterocycles. The standard InChI is InChI=1S/C9H15ClN2/c1-7(9(2,3)4)6-12-8(10)11-5/h6H,5H2,1-4H3/b7-6+,12-8?. The van der Waals surface area contributed by atoms with Gasteiger partial charge in [-0.3, -0.25) is 0 Å². The van der Waals surface area contributed by atoms with Crippen LogP contribution < -0.4 is 0 Å². The first-order valence-electron chi connectivity index (χ1n) is 3.75. The first-order chi connectivity index (χ1) is 5.38. The molecule has 12 heavy (non-hydrogen) atoms. The number of allylic oxidation sites excluding steroid dienone is 1. The number of hydrogen-bond acceptors (Lipinski definition) is 1. The molecule has 0 radical (unpaired) electrons. The Hall–Kier alpha value is -0.630. The fraction of sp³-hybridized carbons (Fsp3) is 0.556. The van der Waals surface area contributed by atoms with Crippen LogP contribution in [-0.2, 0) is 0 Å². The molecule has 0 aromatic carbocycles. The Labute approximate surface area is 79.1 Å². The first-order valence-corrected chi connectivity index (χ1v) is 4.13. The summed E-state index contributed by atoms with van der Waals surface area (Å²) in [6.07, 6.45) is 1.72. The topological polar surface area (TPSA) is 24.7 Å².